The maximum atomic E-state index is 11.5. The molecule has 10 heteroatoms. The average molecular weight is 298 g/mol. The van der Waals surface area contributed by atoms with Crippen molar-refractivity contribution in [1.82, 2.24) is 5.32 Å². The number of rotatable bonds is 9. The van der Waals surface area contributed by atoms with Crippen LogP contribution < -0.4 is 46.3 Å². The second-order valence-corrected chi connectivity index (χ2v) is 3.93. The molecule has 0 aromatic carbocycles. The normalized spacial score (nSPS) is 12.7. The summed E-state index contributed by atoms with van der Waals surface area (Å²) < 4.78 is 0. The van der Waals surface area contributed by atoms with Gasteiger partial charge in [0.2, 0.25) is 11.8 Å². The van der Waals surface area contributed by atoms with Crippen molar-refractivity contribution in [3.05, 3.63) is 0 Å². The van der Waals surface area contributed by atoms with Crippen molar-refractivity contribution < 1.29 is 58.9 Å². The monoisotopic (exact) mass is 298 g/mol. The molecule has 2 unspecified atom stereocenters. The number of carboxylic acids is 2. The number of nitrogens with two attached hydrogens (primary N) is 2. The van der Waals surface area contributed by atoms with Gasteiger partial charge < -0.3 is 27.0 Å². The number of aliphatic carboxylic acids is 2. The maximum Gasteiger partial charge on any atom is 1.00 e. The van der Waals surface area contributed by atoms with E-state index in [-0.39, 0.29) is 55.2 Å². The molecule has 0 saturated heterocycles. The summed E-state index contributed by atoms with van der Waals surface area (Å²) in [6, 6.07) is -2.23. The van der Waals surface area contributed by atoms with Gasteiger partial charge in [0.15, 0.2) is 0 Å². The predicted molar refractivity (Wildman–Crippen MR) is 62.8 cm³/mol. The first-order chi connectivity index (χ1) is 8.73. The SMILES string of the molecule is NC(=O)C(CCC(=O)O)NC(=O)C(N)CCC(=O)O.[Na+]. The molecule has 0 fully saturated rings. The Morgan fingerprint density at radius 3 is 1.85 bits per heavy atom. The number of carbonyl (C=O) groups is 4. The smallest absolute Gasteiger partial charge is 0.481 e. The molecule has 0 heterocycles. The third kappa shape index (κ3) is 9.73. The molecule has 0 aromatic rings. The fraction of sp³-hybridized carbons (Fsp3) is 0.600. The van der Waals surface area contributed by atoms with E-state index in [2.05, 4.69) is 5.32 Å². The van der Waals surface area contributed by atoms with Crippen LogP contribution in [0.2, 0.25) is 0 Å². The second kappa shape index (κ2) is 10.6. The Kier molecular flexibility index (Phi) is 11.2. The Morgan fingerprint density at radius 2 is 1.45 bits per heavy atom. The Morgan fingerprint density at radius 1 is 1.00 bits per heavy atom. The van der Waals surface area contributed by atoms with E-state index in [1.165, 1.54) is 0 Å². The number of amides is 2. The third-order valence-electron chi connectivity index (χ3n) is 2.31. The van der Waals surface area contributed by atoms with Gasteiger partial charge in [-0.15, -0.1) is 0 Å². The third-order valence-corrected chi connectivity index (χ3v) is 2.31. The molecule has 0 aliphatic rings. The largest absolute Gasteiger partial charge is 1.00 e. The molecule has 0 radical (unpaired) electrons. The van der Waals surface area contributed by atoms with Crippen LogP contribution in [-0.4, -0.2) is 46.0 Å². The average Bonchev–Trinajstić information content (AvgIpc) is 2.30. The van der Waals surface area contributed by atoms with Crippen LogP contribution in [-0.2, 0) is 19.2 Å². The van der Waals surface area contributed by atoms with E-state index >= 15 is 0 Å². The number of carboxylic acid groups (broad SMARTS) is 2. The van der Waals surface area contributed by atoms with Gasteiger partial charge in [-0.1, -0.05) is 0 Å². The number of nitrogens with one attached hydrogen (secondary N) is 1. The van der Waals surface area contributed by atoms with Crippen LogP contribution in [0.1, 0.15) is 25.7 Å². The Labute approximate surface area is 137 Å². The predicted octanol–water partition coefficient (Wildman–Crippen LogP) is -4.98. The van der Waals surface area contributed by atoms with E-state index in [9.17, 15) is 19.2 Å². The molecule has 0 aromatic heterocycles. The van der Waals surface area contributed by atoms with Crippen LogP contribution >= 0.6 is 0 Å². The Bertz CT molecular complexity index is 376. The first-order valence-corrected chi connectivity index (χ1v) is 5.53. The van der Waals surface area contributed by atoms with Crippen molar-refractivity contribution in [2.45, 2.75) is 37.8 Å². The van der Waals surface area contributed by atoms with Gasteiger partial charge in [0, 0.05) is 12.8 Å². The summed E-state index contributed by atoms with van der Waals surface area (Å²) in [5, 5.41) is 19.1. The molecular weight excluding hydrogens is 281 g/mol. The summed E-state index contributed by atoms with van der Waals surface area (Å²) in [7, 11) is 0. The summed E-state index contributed by atoms with van der Waals surface area (Å²) in [6.45, 7) is 0. The number of hydrogen-bond acceptors (Lipinski definition) is 5. The molecule has 0 rings (SSSR count). The summed E-state index contributed by atoms with van der Waals surface area (Å²) >= 11 is 0. The van der Waals surface area contributed by atoms with E-state index in [1.54, 1.807) is 0 Å². The van der Waals surface area contributed by atoms with Gasteiger partial charge in [-0.3, -0.25) is 19.2 Å². The molecule has 0 saturated carbocycles. The van der Waals surface area contributed by atoms with Gasteiger partial charge in [-0.25, -0.2) is 0 Å². The summed E-state index contributed by atoms with van der Waals surface area (Å²) in [5.41, 5.74) is 10.4. The number of hydrogen-bond donors (Lipinski definition) is 5. The molecule has 0 aliphatic heterocycles. The van der Waals surface area contributed by atoms with Gasteiger partial charge in [-0.05, 0) is 12.8 Å². The zero-order valence-corrected chi connectivity index (χ0v) is 13.2. The van der Waals surface area contributed by atoms with Crippen LogP contribution in [0.4, 0.5) is 0 Å². The minimum absolute atomic E-state index is 0. The van der Waals surface area contributed by atoms with E-state index in [4.69, 9.17) is 21.7 Å². The molecule has 0 aliphatic carbocycles. The zero-order valence-electron chi connectivity index (χ0n) is 11.2. The molecule has 0 bridgehead atoms. The molecule has 0 spiro atoms. The fourth-order valence-electron chi connectivity index (χ4n) is 1.24. The van der Waals surface area contributed by atoms with Crippen LogP contribution in [0.15, 0.2) is 0 Å². The number of primary amides is 1. The van der Waals surface area contributed by atoms with Crippen LogP contribution in [0.25, 0.3) is 0 Å². The summed E-state index contributed by atoms with van der Waals surface area (Å²) in [4.78, 5) is 43.2. The topological polar surface area (TPSA) is 173 Å². The van der Waals surface area contributed by atoms with Crippen molar-refractivity contribution in [2.75, 3.05) is 0 Å². The Balaban J connectivity index is 0. The van der Waals surface area contributed by atoms with E-state index < -0.39 is 35.8 Å². The van der Waals surface area contributed by atoms with E-state index in [0.717, 1.165) is 0 Å². The molecule has 9 nitrogen and oxygen atoms in total. The maximum absolute atomic E-state index is 11.5. The van der Waals surface area contributed by atoms with Crippen molar-refractivity contribution in [1.29, 1.82) is 0 Å². The van der Waals surface area contributed by atoms with Crippen LogP contribution in [0.3, 0.4) is 0 Å². The molecular formula is C10H17N3NaO6+. The van der Waals surface area contributed by atoms with Gasteiger partial charge >= 0.3 is 41.5 Å². The van der Waals surface area contributed by atoms with Gasteiger partial charge in [0.1, 0.15) is 6.04 Å². The first-order valence-electron chi connectivity index (χ1n) is 5.53. The zero-order chi connectivity index (χ0) is 15.0. The van der Waals surface area contributed by atoms with Gasteiger partial charge in [0.25, 0.3) is 0 Å². The van der Waals surface area contributed by atoms with Crippen molar-refractivity contribution in [2.24, 2.45) is 11.5 Å². The quantitative estimate of drug-likeness (QED) is 0.265. The van der Waals surface area contributed by atoms with Gasteiger partial charge in [-0.2, -0.15) is 0 Å². The molecule has 7 N–H and O–H groups in total. The van der Waals surface area contributed by atoms with Crippen molar-refractivity contribution >= 4 is 23.8 Å². The molecule has 108 valence electrons. The first kappa shape index (κ1) is 21.1. The second-order valence-electron chi connectivity index (χ2n) is 3.93. The molecule has 20 heavy (non-hydrogen) atoms. The van der Waals surface area contributed by atoms with E-state index in [0.29, 0.717) is 0 Å². The molecule has 2 amide bonds. The van der Waals surface area contributed by atoms with Crippen LogP contribution in [0.5, 0.6) is 0 Å². The fourth-order valence-corrected chi connectivity index (χ4v) is 1.24. The summed E-state index contributed by atoms with van der Waals surface area (Å²) in [6.07, 6.45) is -0.864. The standard InChI is InChI=1S/C10H17N3O6.Na/c11-5(1-3-7(14)15)10(19)13-6(9(12)18)2-4-8(16)17;/h5-6H,1-4,11H2,(H2,12,18)(H,13,19)(H,14,15)(H,16,17);/q;+1. The van der Waals surface area contributed by atoms with Gasteiger partial charge in [0.05, 0.1) is 6.04 Å². The molecule has 2 atom stereocenters. The van der Waals surface area contributed by atoms with Crippen molar-refractivity contribution in [3.8, 4) is 0 Å². The van der Waals surface area contributed by atoms with Crippen molar-refractivity contribution in [3.63, 3.8) is 0 Å². The minimum atomic E-state index is -1.14. The van der Waals surface area contributed by atoms with E-state index in [1.807, 2.05) is 0 Å². The number of carbonyl (C=O) groups excluding carboxylic acids is 2. The van der Waals surface area contributed by atoms with Crippen LogP contribution in [0, 0.1) is 0 Å². The Hall–Kier alpha value is -1.16. The summed E-state index contributed by atoms with van der Waals surface area (Å²) in [5.74, 6) is -3.84. The minimum Gasteiger partial charge on any atom is -0.481 e.